The van der Waals surface area contributed by atoms with E-state index in [0.29, 0.717) is 37.1 Å². The summed E-state index contributed by atoms with van der Waals surface area (Å²) in [4.78, 5) is 31.2. The Hall–Kier alpha value is -3.97. The van der Waals surface area contributed by atoms with Gasteiger partial charge in [-0.3, -0.25) is 24.2 Å². The number of amides is 1. The number of carbonyl (C=O) groups excluding carboxylic acids is 2. The number of para-hydroxylation sites is 1. The summed E-state index contributed by atoms with van der Waals surface area (Å²) in [7, 11) is 4.24. The topological polar surface area (TPSA) is 48.8 Å². The average Bonchev–Trinajstić information content (AvgIpc) is 3.55. The molecule has 3 heterocycles. The number of Topliss-reactive ketones (excluding diaryl/α,β-unsaturated/α-hetero) is 1. The molecule has 1 atom stereocenters. The van der Waals surface area contributed by atoms with Gasteiger partial charge < -0.3 is 4.90 Å². The van der Waals surface area contributed by atoms with Crippen LogP contribution in [0.3, 0.4) is 0 Å². The van der Waals surface area contributed by atoms with E-state index in [9.17, 15) is 14.0 Å². The summed E-state index contributed by atoms with van der Waals surface area (Å²) in [6.45, 7) is 3.61. The largest absolute Gasteiger partial charge is 0.342 e. The summed E-state index contributed by atoms with van der Waals surface area (Å²) in [6.07, 6.45) is 3.88. The van der Waals surface area contributed by atoms with Crippen molar-refractivity contribution < 1.29 is 14.0 Å². The van der Waals surface area contributed by atoms with E-state index in [1.807, 2.05) is 51.8 Å². The molecule has 4 aromatic rings. The number of piperidine rings is 1. The van der Waals surface area contributed by atoms with E-state index >= 15 is 0 Å². The van der Waals surface area contributed by atoms with Gasteiger partial charge in [0.05, 0.1) is 23.7 Å². The van der Waals surface area contributed by atoms with E-state index in [2.05, 4.69) is 43.3 Å². The van der Waals surface area contributed by atoms with Crippen molar-refractivity contribution in [1.29, 1.82) is 0 Å². The number of carbonyl (C=O) groups is 2. The second-order valence-corrected chi connectivity index (χ2v) is 11.1. The minimum absolute atomic E-state index is 0.00609. The highest BCUT2D eigenvalue weighted by Crippen LogP contribution is 2.42. The van der Waals surface area contributed by atoms with Crippen LogP contribution in [-0.2, 0) is 10.3 Å². The fraction of sp³-hybridized carbons (Fsp3) is 0.333. The highest BCUT2D eigenvalue weighted by Gasteiger charge is 2.43. The lowest BCUT2D eigenvalue weighted by molar-refractivity contribution is -0.135. The maximum Gasteiger partial charge on any atom is 0.232 e. The average molecular weight is 539 g/mol. The molecule has 1 amide bonds. The second kappa shape index (κ2) is 10.2. The number of rotatable bonds is 6. The fourth-order valence-electron chi connectivity index (χ4n) is 6.66. The molecular formula is C33H35FN4O2. The number of benzene rings is 3. The van der Waals surface area contributed by atoms with Crippen LogP contribution >= 0.6 is 0 Å². The minimum Gasteiger partial charge on any atom is -0.342 e. The van der Waals surface area contributed by atoms with Gasteiger partial charge in [0.1, 0.15) is 5.82 Å². The maximum absolute atomic E-state index is 14.4. The predicted octanol–water partition coefficient (Wildman–Crippen LogP) is 5.82. The zero-order valence-corrected chi connectivity index (χ0v) is 23.3. The normalized spacial score (nSPS) is 18.4. The molecule has 0 spiro atoms. The van der Waals surface area contributed by atoms with Crippen LogP contribution in [0.25, 0.3) is 10.9 Å². The lowest BCUT2D eigenvalue weighted by atomic mass is 9.79. The quantitative estimate of drug-likeness (QED) is 0.290. The van der Waals surface area contributed by atoms with Crippen molar-refractivity contribution in [2.45, 2.75) is 37.6 Å². The lowest BCUT2D eigenvalue weighted by Gasteiger charge is -2.47. The van der Waals surface area contributed by atoms with Gasteiger partial charge in [0.2, 0.25) is 5.91 Å². The molecule has 40 heavy (non-hydrogen) atoms. The van der Waals surface area contributed by atoms with Crippen LogP contribution in [0.2, 0.25) is 0 Å². The number of hydrogen-bond acceptors (Lipinski definition) is 4. The molecule has 2 aliphatic rings. The third kappa shape index (κ3) is 4.20. The molecular weight excluding hydrogens is 503 g/mol. The Bertz CT molecular complexity index is 1570. The summed E-state index contributed by atoms with van der Waals surface area (Å²) in [6, 6.07) is 23.0. The third-order valence-electron chi connectivity index (χ3n) is 8.94. The molecule has 0 aliphatic carbocycles. The van der Waals surface area contributed by atoms with Crippen molar-refractivity contribution in [1.82, 2.24) is 14.5 Å². The van der Waals surface area contributed by atoms with E-state index in [0.717, 1.165) is 29.5 Å². The third-order valence-corrected chi connectivity index (χ3v) is 8.94. The molecule has 3 aromatic carbocycles. The number of fused-ring (bicyclic) bond motifs is 2. The molecule has 0 N–H and O–H groups in total. The first-order valence-electron chi connectivity index (χ1n) is 14.1. The number of hydrogen-bond donors (Lipinski definition) is 0. The van der Waals surface area contributed by atoms with Gasteiger partial charge >= 0.3 is 0 Å². The Labute approximate surface area is 234 Å². The summed E-state index contributed by atoms with van der Waals surface area (Å²) in [5.41, 5.74) is 4.24. The predicted molar refractivity (Wildman–Crippen MR) is 156 cm³/mol. The van der Waals surface area contributed by atoms with Gasteiger partial charge in [-0.1, -0.05) is 55.5 Å². The number of anilines is 1. The van der Waals surface area contributed by atoms with Crippen LogP contribution in [0.15, 0.2) is 79.0 Å². The van der Waals surface area contributed by atoms with Crippen LogP contribution in [0.5, 0.6) is 0 Å². The first-order valence-corrected chi connectivity index (χ1v) is 14.1. The van der Waals surface area contributed by atoms with Crippen LogP contribution in [0.4, 0.5) is 10.1 Å². The molecule has 0 radical (unpaired) electrons. The number of aromatic nitrogens is 1. The number of nitrogens with zero attached hydrogens (tertiary/aromatic N) is 4. The number of ketones is 1. The van der Waals surface area contributed by atoms with E-state index in [-0.39, 0.29) is 29.0 Å². The number of likely N-dealkylation sites (tertiary alicyclic amines) is 1. The van der Waals surface area contributed by atoms with Gasteiger partial charge in [-0.2, -0.15) is 0 Å². The Morgan fingerprint density at radius 3 is 2.38 bits per heavy atom. The fourth-order valence-corrected chi connectivity index (χ4v) is 6.66. The highest BCUT2D eigenvalue weighted by molar-refractivity contribution is 6.08. The van der Waals surface area contributed by atoms with Crippen LogP contribution < -0.4 is 5.01 Å². The Morgan fingerprint density at radius 2 is 1.68 bits per heavy atom. The second-order valence-electron chi connectivity index (χ2n) is 11.1. The molecule has 1 saturated heterocycles. The molecule has 1 aromatic heterocycles. The van der Waals surface area contributed by atoms with Crippen molar-refractivity contribution in [2.24, 2.45) is 0 Å². The molecule has 0 bridgehead atoms. The Kier molecular flexibility index (Phi) is 6.70. The summed E-state index contributed by atoms with van der Waals surface area (Å²) in [5, 5.41) is 2.74. The van der Waals surface area contributed by atoms with E-state index in [1.54, 1.807) is 12.3 Å². The Morgan fingerprint density at radius 1 is 0.975 bits per heavy atom. The van der Waals surface area contributed by atoms with Crippen molar-refractivity contribution >= 4 is 28.3 Å². The van der Waals surface area contributed by atoms with E-state index < -0.39 is 0 Å². The van der Waals surface area contributed by atoms with Crippen molar-refractivity contribution in [3.63, 3.8) is 0 Å². The molecule has 1 unspecified atom stereocenters. The smallest absolute Gasteiger partial charge is 0.232 e. The number of halogens is 1. The zero-order chi connectivity index (χ0) is 28.0. The molecule has 1 fully saturated rings. The molecule has 2 aliphatic heterocycles. The standard InChI is InChI=1S/C33H35FN4O2/c1-4-31(39)27-21-38(30-20-24(34)14-15-26(27)30)37-22-28(25-12-8-9-13-29(25)37)32(40)36-18-16-33(17-19-36,35(2)3)23-10-6-5-7-11-23/h5-15,20-21,28H,4,16-19,22H2,1-3H3. The van der Waals surface area contributed by atoms with E-state index in [1.165, 1.54) is 17.7 Å². The summed E-state index contributed by atoms with van der Waals surface area (Å²) in [5.74, 6) is -0.593. The molecule has 0 saturated carbocycles. The monoisotopic (exact) mass is 538 g/mol. The first-order chi connectivity index (χ1) is 19.3. The van der Waals surface area contributed by atoms with Crippen molar-refractivity contribution in [3.05, 3.63) is 102 Å². The highest BCUT2D eigenvalue weighted by atomic mass is 19.1. The zero-order valence-electron chi connectivity index (χ0n) is 23.3. The maximum atomic E-state index is 14.4. The minimum atomic E-state index is -0.362. The molecule has 206 valence electrons. The van der Waals surface area contributed by atoms with Gasteiger partial charge in [0.15, 0.2) is 5.78 Å². The van der Waals surface area contributed by atoms with Gasteiger partial charge in [-0.15, -0.1) is 0 Å². The van der Waals surface area contributed by atoms with Gasteiger partial charge in [0, 0.05) is 48.3 Å². The molecule has 7 heteroatoms. The van der Waals surface area contributed by atoms with E-state index in [4.69, 9.17) is 0 Å². The SMILES string of the molecule is CCC(=O)c1cn(N2CC(C(=O)N3CCC(c4ccccc4)(N(C)C)CC3)c3ccccc32)c2cc(F)ccc12. The van der Waals surface area contributed by atoms with Crippen molar-refractivity contribution in [2.75, 3.05) is 38.7 Å². The summed E-state index contributed by atoms with van der Waals surface area (Å²) < 4.78 is 16.3. The summed E-state index contributed by atoms with van der Waals surface area (Å²) >= 11 is 0. The lowest BCUT2D eigenvalue weighted by Crippen LogP contribution is -2.52. The Balaban J connectivity index is 1.31. The molecule has 6 nitrogen and oxygen atoms in total. The van der Waals surface area contributed by atoms with Crippen LogP contribution in [0.1, 0.15) is 53.6 Å². The van der Waals surface area contributed by atoms with Crippen LogP contribution in [0, 0.1) is 5.82 Å². The first kappa shape index (κ1) is 26.3. The van der Waals surface area contributed by atoms with Gasteiger partial charge in [-0.05, 0) is 56.3 Å². The molecule has 6 rings (SSSR count). The van der Waals surface area contributed by atoms with Crippen molar-refractivity contribution in [3.8, 4) is 0 Å². The van der Waals surface area contributed by atoms with Gasteiger partial charge in [-0.25, -0.2) is 4.39 Å². The van der Waals surface area contributed by atoms with Gasteiger partial charge in [0.25, 0.3) is 0 Å². The van der Waals surface area contributed by atoms with Crippen LogP contribution in [-0.4, -0.2) is 59.9 Å².